The van der Waals surface area contributed by atoms with Crippen molar-refractivity contribution in [2.24, 2.45) is 7.05 Å². The molecule has 0 bridgehead atoms. The highest BCUT2D eigenvalue weighted by Gasteiger charge is 2.45. The molecule has 12 heteroatoms. The molecule has 2 aromatic heterocycles. The lowest BCUT2D eigenvalue weighted by Crippen LogP contribution is -2.34. The van der Waals surface area contributed by atoms with Crippen LogP contribution < -0.4 is 4.90 Å². The van der Waals surface area contributed by atoms with E-state index in [2.05, 4.69) is 20.3 Å². The quantitative estimate of drug-likeness (QED) is 0.248. The van der Waals surface area contributed by atoms with E-state index in [0.717, 1.165) is 52.4 Å². The van der Waals surface area contributed by atoms with Crippen molar-refractivity contribution in [3.8, 4) is 16.8 Å². The largest absolute Gasteiger partial charge is 0.369 e. The second kappa shape index (κ2) is 11.5. The molecule has 2 aliphatic rings. The number of para-hydroxylation sites is 1. The molecule has 1 saturated carbocycles. The number of likely N-dealkylation sites (N-methyl/N-ethyl adjacent to an activating group) is 1. The van der Waals surface area contributed by atoms with Crippen molar-refractivity contribution in [3.05, 3.63) is 108 Å². The Morgan fingerprint density at radius 1 is 0.956 bits per heavy atom. The monoisotopic (exact) mass is 625 g/mol. The molecule has 0 radical (unpaired) electrons. The Kier molecular flexibility index (Phi) is 7.52. The number of aryl methyl sites for hydroxylation is 1. The number of aliphatic hydroxyl groups is 2. The minimum atomic E-state index is -3.69. The smallest absolute Gasteiger partial charge is 0.245 e. The van der Waals surface area contributed by atoms with Crippen LogP contribution in [0.3, 0.4) is 0 Å². The van der Waals surface area contributed by atoms with Gasteiger partial charge in [0.25, 0.3) is 0 Å². The Bertz CT molecular complexity index is 1970. The summed E-state index contributed by atoms with van der Waals surface area (Å²) >= 11 is 0. The summed E-state index contributed by atoms with van der Waals surface area (Å²) in [6.07, 6.45) is 2.57. The Hall–Kier alpha value is -4.36. The highest BCUT2D eigenvalue weighted by molar-refractivity contribution is 7.89. The number of hydrogen-bond donors (Lipinski definition) is 2. The molecule has 7 rings (SSSR count). The second-order valence-corrected chi connectivity index (χ2v) is 13.6. The maximum Gasteiger partial charge on any atom is 0.245 e. The summed E-state index contributed by atoms with van der Waals surface area (Å²) in [4.78, 5) is 2.45. The van der Waals surface area contributed by atoms with Crippen LogP contribution in [0.1, 0.15) is 54.0 Å². The molecular weight excluding hydrogens is 590 g/mol. The van der Waals surface area contributed by atoms with E-state index in [4.69, 9.17) is 0 Å². The van der Waals surface area contributed by atoms with E-state index >= 15 is 0 Å². The molecule has 3 aromatic carbocycles. The van der Waals surface area contributed by atoms with Crippen molar-refractivity contribution < 1.29 is 18.6 Å². The summed E-state index contributed by atoms with van der Waals surface area (Å²) in [7, 11) is -1.86. The molecular formula is C33H35N7O4S. The van der Waals surface area contributed by atoms with Gasteiger partial charge in [0.1, 0.15) is 4.90 Å². The Balaban J connectivity index is 1.18. The lowest BCUT2D eigenvalue weighted by molar-refractivity contribution is -0.0431. The van der Waals surface area contributed by atoms with Crippen molar-refractivity contribution in [1.29, 1.82) is 0 Å². The molecule has 0 spiro atoms. The molecule has 232 valence electrons. The topological polar surface area (TPSA) is 130 Å². The van der Waals surface area contributed by atoms with Crippen LogP contribution in [-0.2, 0) is 23.6 Å². The molecule has 2 N–H and O–H groups in total. The van der Waals surface area contributed by atoms with Crippen LogP contribution in [0.4, 0.5) is 5.69 Å². The van der Waals surface area contributed by atoms with E-state index in [0.29, 0.717) is 23.5 Å². The number of anilines is 1. The number of aliphatic hydroxyl groups excluding tert-OH is 1. The molecule has 1 aliphatic heterocycles. The van der Waals surface area contributed by atoms with Crippen LogP contribution in [0.2, 0.25) is 0 Å². The molecule has 1 fully saturated rings. The predicted octanol–water partition coefficient (Wildman–Crippen LogP) is 3.95. The summed E-state index contributed by atoms with van der Waals surface area (Å²) < 4.78 is 32.5. The number of fused-ring (bicyclic) bond motifs is 1. The fourth-order valence-electron chi connectivity index (χ4n) is 6.42. The number of hydrogen-bond acceptors (Lipinski definition) is 8. The normalized spacial score (nSPS) is 19.4. The first-order valence-corrected chi connectivity index (χ1v) is 16.5. The first kappa shape index (κ1) is 29.4. The fourth-order valence-corrected chi connectivity index (χ4v) is 8.05. The van der Waals surface area contributed by atoms with Gasteiger partial charge in [0.05, 0.1) is 29.0 Å². The average molecular weight is 626 g/mol. The van der Waals surface area contributed by atoms with E-state index in [1.54, 1.807) is 25.8 Å². The molecule has 0 amide bonds. The van der Waals surface area contributed by atoms with Crippen LogP contribution in [0.15, 0.2) is 90.1 Å². The zero-order valence-electron chi connectivity index (χ0n) is 25.1. The van der Waals surface area contributed by atoms with Gasteiger partial charge < -0.3 is 15.1 Å². The Morgan fingerprint density at radius 3 is 2.49 bits per heavy atom. The minimum Gasteiger partial charge on any atom is -0.369 e. The van der Waals surface area contributed by atoms with E-state index in [1.807, 2.05) is 80.8 Å². The zero-order valence-corrected chi connectivity index (χ0v) is 25.9. The molecule has 0 saturated heterocycles. The SMILES string of the molecule is CCN1CCN(Cc2cccc(-c3cccc(-n4ncc(C(O)O)c4[C@@H]4C[C@H]4c4cn(C)nn4)c3)c2)S(=O)(=O)c2ccccc21. The third-order valence-electron chi connectivity index (χ3n) is 8.79. The van der Waals surface area contributed by atoms with Crippen LogP contribution in [-0.4, -0.2) is 67.3 Å². The van der Waals surface area contributed by atoms with Gasteiger partial charge in [0.15, 0.2) is 6.29 Å². The van der Waals surface area contributed by atoms with E-state index in [-0.39, 0.29) is 18.4 Å². The third kappa shape index (κ3) is 5.44. The van der Waals surface area contributed by atoms with Gasteiger partial charge >= 0.3 is 0 Å². The van der Waals surface area contributed by atoms with Crippen LogP contribution in [0.25, 0.3) is 16.8 Å². The lowest BCUT2D eigenvalue weighted by atomic mass is 10.0. The highest BCUT2D eigenvalue weighted by Crippen LogP contribution is 2.55. The van der Waals surface area contributed by atoms with Gasteiger partial charge in [-0.25, -0.2) is 13.1 Å². The summed E-state index contributed by atoms with van der Waals surface area (Å²) in [6, 6.07) is 23.1. The van der Waals surface area contributed by atoms with E-state index in [9.17, 15) is 18.6 Å². The molecule has 1 aliphatic carbocycles. The lowest BCUT2D eigenvalue weighted by Gasteiger charge is -2.22. The van der Waals surface area contributed by atoms with E-state index in [1.165, 1.54) is 6.20 Å². The van der Waals surface area contributed by atoms with Crippen LogP contribution in [0, 0.1) is 0 Å². The van der Waals surface area contributed by atoms with Gasteiger partial charge in [-0.15, -0.1) is 5.10 Å². The first-order valence-electron chi connectivity index (χ1n) is 15.1. The average Bonchev–Trinajstić information content (AvgIpc) is 3.52. The minimum absolute atomic E-state index is 0.0253. The van der Waals surface area contributed by atoms with Crippen molar-refractivity contribution in [2.45, 2.75) is 42.9 Å². The van der Waals surface area contributed by atoms with Gasteiger partial charge in [-0.3, -0.25) is 4.68 Å². The van der Waals surface area contributed by atoms with Crippen molar-refractivity contribution in [1.82, 2.24) is 29.1 Å². The van der Waals surface area contributed by atoms with Gasteiger partial charge in [0.2, 0.25) is 10.0 Å². The summed E-state index contributed by atoms with van der Waals surface area (Å²) in [6.45, 7) is 4.03. The van der Waals surface area contributed by atoms with Crippen LogP contribution in [0.5, 0.6) is 0 Å². The van der Waals surface area contributed by atoms with Crippen molar-refractivity contribution in [2.75, 3.05) is 24.5 Å². The number of rotatable bonds is 8. The summed E-state index contributed by atoms with van der Waals surface area (Å²) in [5.41, 5.74) is 6.30. The summed E-state index contributed by atoms with van der Waals surface area (Å²) in [5.74, 6) is 0.149. The number of benzene rings is 3. The number of aromatic nitrogens is 5. The molecule has 45 heavy (non-hydrogen) atoms. The zero-order chi connectivity index (χ0) is 31.3. The third-order valence-corrected chi connectivity index (χ3v) is 10.7. The maximum absolute atomic E-state index is 13.7. The predicted molar refractivity (Wildman–Crippen MR) is 169 cm³/mol. The van der Waals surface area contributed by atoms with Gasteiger partial charge in [-0.2, -0.15) is 9.40 Å². The molecule has 5 aromatic rings. The summed E-state index contributed by atoms with van der Waals surface area (Å²) in [5, 5.41) is 33.2. The molecule has 0 unspecified atom stereocenters. The van der Waals surface area contributed by atoms with Gasteiger partial charge in [-0.1, -0.05) is 47.7 Å². The number of sulfonamides is 1. The Morgan fingerprint density at radius 2 is 1.73 bits per heavy atom. The van der Waals surface area contributed by atoms with E-state index < -0.39 is 16.3 Å². The first-order chi connectivity index (χ1) is 21.7. The Labute approximate surface area is 262 Å². The molecule has 3 heterocycles. The maximum atomic E-state index is 13.7. The van der Waals surface area contributed by atoms with Crippen molar-refractivity contribution in [3.63, 3.8) is 0 Å². The number of nitrogens with zero attached hydrogens (tertiary/aromatic N) is 7. The fraction of sp³-hybridized carbons (Fsp3) is 0.303. The molecule has 2 atom stereocenters. The van der Waals surface area contributed by atoms with Gasteiger partial charge in [0, 0.05) is 56.8 Å². The van der Waals surface area contributed by atoms with Crippen LogP contribution >= 0.6 is 0 Å². The second-order valence-electron chi connectivity index (χ2n) is 11.7. The standard InChI is InChI=1S/C33H35N7O4S/c1-3-38-14-15-39(45(43,44)31-13-5-4-12-30(31)38)20-22-8-6-9-23(16-22)24-10-7-11-25(17-24)40-32(28(19-34-40)33(41)42)27-18-26(27)29-21-37(2)36-35-29/h4-13,16-17,19,21,26-27,33,41-42H,3,14-15,18,20H2,1-2H3/t26-,27-/m1/s1. The highest BCUT2D eigenvalue weighted by atomic mass is 32.2. The molecule has 11 nitrogen and oxygen atoms in total. The van der Waals surface area contributed by atoms with Crippen molar-refractivity contribution >= 4 is 15.7 Å². The van der Waals surface area contributed by atoms with Gasteiger partial charge in [-0.05, 0) is 60.4 Å².